The van der Waals surface area contributed by atoms with Crippen LogP contribution < -0.4 is 15.5 Å². The Bertz CT molecular complexity index is 792. The predicted octanol–water partition coefficient (Wildman–Crippen LogP) is 3.99. The Morgan fingerprint density at radius 3 is 2.81 bits per heavy atom. The molecule has 146 valence electrons. The second-order valence-corrected chi connectivity index (χ2v) is 7.10. The molecular formula is C21H29N3O3. The minimum absolute atomic E-state index is 0.308. The summed E-state index contributed by atoms with van der Waals surface area (Å²) in [7, 11) is 1.69. The van der Waals surface area contributed by atoms with E-state index in [0.29, 0.717) is 6.42 Å². The number of fused-ring (bicyclic) bond motifs is 2. The Hall–Kier alpha value is -2.34. The van der Waals surface area contributed by atoms with Crippen LogP contribution in [0.2, 0.25) is 0 Å². The molecule has 1 aliphatic rings. The zero-order valence-electron chi connectivity index (χ0n) is 16.0. The van der Waals surface area contributed by atoms with Gasteiger partial charge < -0.3 is 10.1 Å². The summed E-state index contributed by atoms with van der Waals surface area (Å²) >= 11 is 0. The van der Waals surface area contributed by atoms with Crippen LogP contribution in [-0.4, -0.2) is 29.8 Å². The van der Waals surface area contributed by atoms with Gasteiger partial charge in [-0.25, -0.2) is 10.5 Å². The highest BCUT2D eigenvalue weighted by Crippen LogP contribution is 2.36. The molecule has 1 amide bonds. The molecule has 0 spiro atoms. The monoisotopic (exact) mass is 371 g/mol. The van der Waals surface area contributed by atoms with Crippen LogP contribution in [0.4, 0.5) is 5.69 Å². The molecule has 6 heteroatoms. The number of unbranched alkanes of at least 4 members (excludes halogenated alkanes) is 3. The molecule has 1 aromatic heterocycles. The first-order chi connectivity index (χ1) is 13.2. The number of methoxy groups -OCH3 is 1. The number of anilines is 1. The molecule has 3 N–H and O–H groups in total. The smallest absolute Gasteiger partial charge is 0.243 e. The summed E-state index contributed by atoms with van der Waals surface area (Å²) in [5, 5.41) is 13.3. The van der Waals surface area contributed by atoms with Crippen molar-refractivity contribution in [3.05, 3.63) is 29.5 Å². The fourth-order valence-corrected chi connectivity index (χ4v) is 3.82. The van der Waals surface area contributed by atoms with Crippen LogP contribution in [-0.2, 0) is 17.6 Å². The van der Waals surface area contributed by atoms with Crippen molar-refractivity contribution in [1.29, 1.82) is 0 Å². The molecule has 0 bridgehead atoms. The van der Waals surface area contributed by atoms with E-state index in [2.05, 4.69) is 11.4 Å². The van der Waals surface area contributed by atoms with Gasteiger partial charge in [0, 0.05) is 29.7 Å². The zero-order chi connectivity index (χ0) is 19.1. The van der Waals surface area contributed by atoms with Crippen molar-refractivity contribution in [3.63, 3.8) is 0 Å². The van der Waals surface area contributed by atoms with E-state index >= 15 is 0 Å². The number of rotatable bonds is 9. The molecule has 0 radical (unpaired) electrons. The number of hydrogen-bond acceptors (Lipinski definition) is 5. The average molecular weight is 371 g/mol. The van der Waals surface area contributed by atoms with Crippen LogP contribution >= 0.6 is 0 Å². The molecule has 3 rings (SSSR count). The van der Waals surface area contributed by atoms with Gasteiger partial charge in [-0.3, -0.25) is 10.0 Å². The third-order valence-electron chi connectivity index (χ3n) is 5.23. The summed E-state index contributed by atoms with van der Waals surface area (Å²) in [6.45, 7) is 0.898. The summed E-state index contributed by atoms with van der Waals surface area (Å²) in [5.74, 6) is 0.517. The van der Waals surface area contributed by atoms with Crippen LogP contribution in [0.5, 0.6) is 5.75 Å². The van der Waals surface area contributed by atoms with Gasteiger partial charge in [0.05, 0.1) is 7.11 Å². The molecule has 0 unspecified atom stereocenters. The number of amides is 1. The number of benzene rings is 1. The number of hydrogen-bond donors (Lipinski definition) is 3. The predicted molar refractivity (Wildman–Crippen MR) is 106 cm³/mol. The normalized spacial score (nSPS) is 13.3. The van der Waals surface area contributed by atoms with Crippen LogP contribution in [0.1, 0.15) is 56.2 Å². The van der Waals surface area contributed by atoms with Crippen molar-refractivity contribution < 1.29 is 14.7 Å². The lowest BCUT2D eigenvalue weighted by molar-refractivity contribution is -0.129. The van der Waals surface area contributed by atoms with E-state index in [0.717, 1.165) is 61.7 Å². The van der Waals surface area contributed by atoms with E-state index < -0.39 is 0 Å². The Morgan fingerprint density at radius 1 is 1.19 bits per heavy atom. The van der Waals surface area contributed by atoms with E-state index in [1.165, 1.54) is 29.8 Å². The molecule has 0 atom stereocenters. The minimum Gasteiger partial charge on any atom is -0.494 e. The second kappa shape index (κ2) is 9.55. The standard InChI is InChI=1S/C21H29N3O3/c1-27-18-12-8-10-16-20(15-9-5-6-11-17(15)23-21(16)18)22-14-7-3-2-4-13-19(25)24-26/h8,10,12,26H,2-7,9,11,13-14H2,1H3,(H,22,23)(H,24,25). The van der Waals surface area contributed by atoms with E-state index in [-0.39, 0.29) is 5.91 Å². The van der Waals surface area contributed by atoms with Gasteiger partial charge in [-0.15, -0.1) is 0 Å². The van der Waals surface area contributed by atoms with Crippen molar-refractivity contribution in [3.8, 4) is 5.75 Å². The molecule has 0 saturated heterocycles. The van der Waals surface area contributed by atoms with Crippen molar-refractivity contribution in [1.82, 2.24) is 10.5 Å². The molecule has 1 heterocycles. The maximum Gasteiger partial charge on any atom is 0.243 e. The van der Waals surface area contributed by atoms with Crippen molar-refractivity contribution in [2.75, 3.05) is 19.0 Å². The molecule has 0 aliphatic heterocycles. The fourth-order valence-electron chi connectivity index (χ4n) is 3.82. The number of nitrogens with zero attached hydrogens (tertiary/aromatic N) is 1. The molecule has 1 aromatic carbocycles. The largest absolute Gasteiger partial charge is 0.494 e. The Labute approximate surface area is 160 Å². The highest BCUT2D eigenvalue weighted by molar-refractivity contribution is 5.97. The van der Waals surface area contributed by atoms with Gasteiger partial charge in [-0.05, 0) is 50.2 Å². The second-order valence-electron chi connectivity index (χ2n) is 7.10. The maximum absolute atomic E-state index is 11.0. The van der Waals surface area contributed by atoms with Crippen LogP contribution in [0, 0.1) is 0 Å². The first kappa shape index (κ1) is 19.4. The lowest BCUT2D eigenvalue weighted by Crippen LogP contribution is -2.17. The van der Waals surface area contributed by atoms with E-state index in [1.807, 2.05) is 12.1 Å². The Balaban J connectivity index is 1.67. The molecule has 0 saturated carbocycles. The topological polar surface area (TPSA) is 83.5 Å². The lowest BCUT2D eigenvalue weighted by Gasteiger charge is -2.22. The lowest BCUT2D eigenvalue weighted by atomic mass is 9.92. The Kier molecular flexibility index (Phi) is 6.87. The number of carbonyl (C=O) groups excluding carboxylic acids is 1. The minimum atomic E-state index is -0.308. The zero-order valence-corrected chi connectivity index (χ0v) is 16.0. The summed E-state index contributed by atoms with van der Waals surface area (Å²) in [6.07, 6.45) is 8.79. The van der Waals surface area contributed by atoms with Crippen molar-refractivity contribution in [2.45, 2.75) is 57.8 Å². The van der Waals surface area contributed by atoms with Gasteiger partial charge in [0.2, 0.25) is 5.91 Å². The first-order valence-electron chi connectivity index (χ1n) is 9.90. The highest BCUT2D eigenvalue weighted by Gasteiger charge is 2.19. The maximum atomic E-state index is 11.0. The van der Waals surface area contributed by atoms with Gasteiger partial charge in [0.1, 0.15) is 11.3 Å². The summed E-state index contributed by atoms with van der Waals surface area (Å²) in [5.41, 5.74) is 6.40. The molecule has 6 nitrogen and oxygen atoms in total. The summed E-state index contributed by atoms with van der Waals surface area (Å²) in [6, 6.07) is 6.11. The SMILES string of the molecule is COc1cccc2c(NCCCCCCC(=O)NO)c3c(nc12)CCCC3. The highest BCUT2D eigenvalue weighted by atomic mass is 16.5. The molecule has 27 heavy (non-hydrogen) atoms. The molecular weight excluding hydrogens is 342 g/mol. The van der Waals surface area contributed by atoms with Crippen molar-refractivity contribution in [2.24, 2.45) is 0 Å². The Morgan fingerprint density at radius 2 is 2.00 bits per heavy atom. The van der Waals surface area contributed by atoms with Crippen molar-refractivity contribution >= 4 is 22.5 Å². The third kappa shape index (κ3) is 4.69. The number of carbonyl (C=O) groups is 1. The van der Waals surface area contributed by atoms with E-state index in [9.17, 15) is 4.79 Å². The summed E-state index contributed by atoms with van der Waals surface area (Å²) < 4.78 is 5.53. The first-order valence-corrected chi connectivity index (χ1v) is 9.90. The third-order valence-corrected chi connectivity index (χ3v) is 5.23. The fraction of sp³-hybridized carbons (Fsp3) is 0.524. The number of ether oxygens (including phenoxy) is 1. The quantitative estimate of drug-likeness (QED) is 0.353. The van der Waals surface area contributed by atoms with Crippen LogP contribution in [0.25, 0.3) is 10.9 Å². The number of aryl methyl sites for hydroxylation is 1. The molecule has 1 aliphatic carbocycles. The van der Waals surface area contributed by atoms with Gasteiger partial charge in [-0.1, -0.05) is 25.0 Å². The van der Waals surface area contributed by atoms with Gasteiger partial charge in [0.25, 0.3) is 0 Å². The van der Waals surface area contributed by atoms with E-state index in [4.69, 9.17) is 14.9 Å². The number of nitrogens with one attached hydrogen (secondary N) is 2. The van der Waals surface area contributed by atoms with Gasteiger partial charge in [-0.2, -0.15) is 0 Å². The number of hydroxylamine groups is 1. The number of aromatic nitrogens is 1. The van der Waals surface area contributed by atoms with Gasteiger partial charge in [0.15, 0.2) is 0 Å². The van der Waals surface area contributed by atoms with Crippen LogP contribution in [0.3, 0.4) is 0 Å². The van der Waals surface area contributed by atoms with Gasteiger partial charge >= 0.3 is 0 Å². The van der Waals surface area contributed by atoms with E-state index in [1.54, 1.807) is 12.6 Å². The summed E-state index contributed by atoms with van der Waals surface area (Å²) in [4.78, 5) is 15.9. The molecule has 0 fully saturated rings. The number of para-hydroxylation sites is 1. The number of pyridine rings is 1. The van der Waals surface area contributed by atoms with Crippen LogP contribution in [0.15, 0.2) is 18.2 Å². The molecule has 2 aromatic rings. The average Bonchev–Trinajstić information content (AvgIpc) is 2.71.